The maximum absolute atomic E-state index is 12.6. The molecule has 0 aliphatic heterocycles. The molecule has 0 aliphatic carbocycles. The first-order valence-electron chi connectivity index (χ1n) is 9.98. The summed E-state index contributed by atoms with van der Waals surface area (Å²) in [5.74, 6) is 1.31. The summed E-state index contributed by atoms with van der Waals surface area (Å²) < 4.78 is 0. The van der Waals surface area contributed by atoms with Crippen molar-refractivity contribution in [2.24, 2.45) is 11.7 Å². The van der Waals surface area contributed by atoms with E-state index in [1.54, 1.807) is 0 Å². The Balaban J connectivity index is 1.76. The predicted molar refractivity (Wildman–Crippen MR) is 114 cm³/mol. The lowest BCUT2D eigenvalue weighted by Gasteiger charge is -2.23. The van der Waals surface area contributed by atoms with Crippen LogP contribution >= 0.6 is 0 Å². The van der Waals surface area contributed by atoms with Crippen LogP contribution in [0, 0.1) is 5.92 Å². The first-order valence-corrected chi connectivity index (χ1v) is 9.98. The number of carbonyl (C=O) groups excluding carboxylic acids is 1. The summed E-state index contributed by atoms with van der Waals surface area (Å²) in [4.78, 5) is 14.4. The largest absolute Gasteiger partial charge is 0.337 e. The first kappa shape index (κ1) is 20.7. The molecule has 0 saturated heterocycles. The Kier molecular flexibility index (Phi) is 7.08. The fourth-order valence-corrected chi connectivity index (χ4v) is 3.24. The van der Waals surface area contributed by atoms with Crippen molar-refractivity contribution in [3.8, 4) is 22.5 Å². The van der Waals surface area contributed by atoms with Gasteiger partial charge >= 0.3 is 0 Å². The van der Waals surface area contributed by atoms with Gasteiger partial charge in [0.2, 0.25) is 5.91 Å². The number of hydrogen-bond donors (Lipinski definition) is 2. The number of H-pyrrole nitrogens is 1. The van der Waals surface area contributed by atoms with E-state index in [1.807, 2.05) is 29.2 Å². The lowest BCUT2D eigenvalue weighted by Crippen LogP contribution is -2.34. The maximum Gasteiger partial charge on any atom is 0.222 e. The van der Waals surface area contributed by atoms with Crippen molar-refractivity contribution in [2.45, 2.75) is 33.2 Å². The van der Waals surface area contributed by atoms with Gasteiger partial charge in [-0.2, -0.15) is 0 Å². The van der Waals surface area contributed by atoms with Crippen molar-refractivity contribution < 1.29 is 4.79 Å². The zero-order chi connectivity index (χ0) is 20.6. The van der Waals surface area contributed by atoms with Gasteiger partial charge in [0.1, 0.15) is 0 Å². The highest BCUT2D eigenvalue weighted by Crippen LogP contribution is 2.29. The van der Waals surface area contributed by atoms with Gasteiger partial charge in [0.05, 0.1) is 0 Å². The predicted octanol–water partition coefficient (Wildman–Crippen LogP) is 3.26. The van der Waals surface area contributed by atoms with E-state index in [0.29, 0.717) is 37.8 Å². The summed E-state index contributed by atoms with van der Waals surface area (Å²) in [6, 6.07) is 16.2. The number of amides is 1. The number of benzene rings is 2. The van der Waals surface area contributed by atoms with E-state index in [1.165, 1.54) is 0 Å². The number of nitrogens with one attached hydrogen (secondary N) is 1. The summed E-state index contributed by atoms with van der Waals surface area (Å²) in [5.41, 5.74) is 9.87. The van der Waals surface area contributed by atoms with Gasteiger partial charge in [-0.25, -0.2) is 5.10 Å². The number of aromatic nitrogens is 4. The molecular weight excluding hydrogens is 364 g/mol. The molecule has 152 valence electrons. The monoisotopic (exact) mass is 392 g/mol. The van der Waals surface area contributed by atoms with E-state index in [0.717, 1.165) is 28.7 Å². The summed E-state index contributed by atoms with van der Waals surface area (Å²) in [5, 5.41) is 14.2. The number of carbonyl (C=O) groups is 1. The van der Waals surface area contributed by atoms with E-state index in [-0.39, 0.29) is 5.91 Å². The molecule has 7 heteroatoms. The van der Waals surface area contributed by atoms with Crippen molar-refractivity contribution in [3.63, 3.8) is 0 Å². The highest BCUT2D eigenvalue weighted by atomic mass is 16.2. The third-order valence-electron chi connectivity index (χ3n) is 4.85. The van der Waals surface area contributed by atoms with Crippen LogP contribution < -0.4 is 5.73 Å². The molecule has 0 spiro atoms. The Bertz CT molecular complexity index is 905. The summed E-state index contributed by atoms with van der Waals surface area (Å²) in [6.07, 6.45) is 1.46. The molecule has 0 saturated carbocycles. The quantitative estimate of drug-likeness (QED) is 0.582. The van der Waals surface area contributed by atoms with E-state index in [9.17, 15) is 4.79 Å². The van der Waals surface area contributed by atoms with Gasteiger partial charge in [-0.15, -0.1) is 5.10 Å². The fourth-order valence-electron chi connectivity index (χ4n) is 3.24. The molecule has 1 aromatic heterocycles. The van der Waals surface area contributed by atoms with Gasteiger partial charge in [0, 0.05) is 31.6 Å². The van der Waals surface area contributed by atoms with Crippen LogP contribution in [-0.2, 0) is 11.3 Å². The van der Waals surface area contributed by atoms with Gasteiger partial charge in [0.15, 0.2) is 5.82 Å². The van der Waals surface area contributed by atoms with Crippen LogP contribution in [0.1, 0.15) is 32.3 Å². The van der Waals surface area contributed by atoms with Crippen molar-refractivity contribution in [1.82, 2.24) is 25.5 Å². The Hall–Kier alpha value is -3.06. The first-order chi connectivity index (χ1) is 14.1. The molecule has 0 radical (unpaired) electrons. The van der Waals surface area contributed by atoms with Gasteiger partial charge in [0.25, 0.3) is 0 Å². The molecule has 29 heavy (non-hydrogen) atoms. The molecule has 0 unspecified atom stereocenters. The van der Waals surface area contributed by atoms with E-state index < -0.39 is 0 Å². The van der Waals surface area contributed by atoms with E-state index in [4.69, 9.17) is 5.73 Å². The van der Waals surface area contributed by atoms with Gasteiger partial charge < -0.3 is 10.6 Å². The molecule has 2 aromatic carbocycles. The number of tetrazole rings is 1. The minimum atomic E-state index is 0.163. The summed E-state index contributed by atoms with van der Waals surface area (Å²) in [7, 11) is 0. The van der Waals surface area contributed by atoms with Crippen molar-refractivity contribution in [2.75, 3.05) is 13.1 Å². The molecule has 3 aromatic rings. The van der Waals surface area contributed by atoms with E-state index in [2.05, 4.69) is 58.7 Å². The Labute approximate surface area is 171 Å². The van der Waals surface area contributed by atoms with Crippen molar-refractivity contribution in [1.29, 1.82) is 0 Å². The third kappa shape index (κ3) is 5.48. The number of aromatic amines is 1. The molecule has 1 amide bonds. The smallest absolute Gasteiger partial charge is 0.222 e. The van der Waals surface area contributed by atoms with Crippen molar-refractivity contribution in [3.05, 3.63) is 54.1 Å². The normalized spacial score (nSPS) is 11.0. The Morgan fingerprint density at radius 3 is 2.45 bits per heavy atom. The highest BCUT2D eigenvalue weighted by molar-refractivity contribution is 5.80. The maximum atomic E-state index is 12.6. The average Bonchev–Trinajstić information content (AvgIpc) is 3.27. The lowest BCUT2D eigenvalue weighted by atomic mass is 9.98. The van der Waals surface area contributed by atoms with Crippen LogP contribution in [-0.4, -0.2) is 44.5 Å². The third-order valence-corrected chi connectivity index (χ3v) is 4.85. The van der Waals surface area contributed by atoms with Gasteiger partial charge in [-0.1, -0.05) is 62.4 Å². The summed E-state index contributed by atoms with van der Waals surface area (Å²) in [6.45, 7) is 5.87. The number of nitrogens with zero attached hydrogens (tertiary/aromatic N) is 4. The Morgan fingerprint density at radius 1 is 1.10 bits per heavy atom. The molecule has 3 rings (SSSR count). The number of hydrogen-bond acceptors (Lipinski definition) is 5. The highest BCUT2D eigenvalue weighted by Gasteiger charge is 2.14. The van der Waals surface area contributed by atoms with E-state index >= 15 is 0 Å². The molecule has 0 atom stereocenters. The topological polar surface area (TPSA) is 101 Å². The van der Waals surface area contributed by atoms with Gasteiger partial charge in [-0.05, 0) is 39.5 Å². The molecule has 7 nitrogen and oxygen atoms in total. The zero-order valence-corrected chi connectivity index (χ0v) is 17.0. The molecule has 1 heterocycles. The van der Waals surface area contributed by atoms with Gasteiger partial charge in [-0.3, -0.25) is 4.79 Å². The standard InChI is InChI=1S/C22H28N6O/c1-16(2)7-12-21(29)28(14-13-23)15-17-8-10-18(11-9-17)19-5-3-4-6-20(19)22-24-26-27-25-22/h3-6,8-11,16H,7,12-15,23H2,1-2H3,(H,24,25,26,27). The lowest BCUT2D eigenvalue weighted by molar-refractivity contribution is -0.132. The number of rotatable bonds is 9. The van der Waals surface area contributed by atoms with Crippen molar-refractivity contribution >= 4 is 5.91 Å². The van der Waals surface area contributed by atoms with Crippen LogP contribution in [0.3, 0.4) is 0 Å². The summed E-state index contributed by atoms with van der Waals surface area (Å²) >= 11 is 0. The van der Waals surface area contributed by atoms with Crippen LogP contribution in [0.5, 0.6) is 0 Å². The van der Waals surface area contributed by atoms with Crippen LogP contribution in [0.15, 0.2) is 48.5 Å². The fraction of sp³-hybridized carbons (Fsp3) is 0.364. The minimum Gasteiger partial charge on any atom is -0.337 e. The molecule has 0 bridgehead atoms. The minimum absolute atomic E-state index is 0.163. The molecule has 3 N–H and O–H groups in total. The molecular formula is C22H28N6O. The average molecular weight is 393 g/mol. The van der Waals surface area contributed by atoms with Crippen LogP contribution in [0.25, 0.3) is 22.5 Å². The second-order valence-electron chi connectivity index (χ2n) is 7.53. The molecule has 0 fully saturated rings. The second-order valence-corrected chi connectivity index (χ2v) is 7.53. The Morgan fingerprint density at radius 2 is 1.83 bits per heavy atom. The van der Waals surface area contributed by atoms with Crippen LogP contribution in [0.2, 0.25) is 0 Å². The number of nitrogens with two attached hydrogens (primary N) is 1. The van der Waals surface area contributed by atoms with Crippen LogP contribution in [0.4, 0.5) is 0 Å². The SMILES string of the molecule is CC(C)CCC(=O)N(CCN)Cc1ccc(-c2ccccc2-c2nnn[nH]2)cc1. The molecule has 0 aliphatic rings. The zero-order valence-electron chi connectivity index (χ0n) is 17.0. The second kappa shape index (κ2) is 9.93.